The van der Waals surface area contributed by atoms with Gasteiger partial charge < -0.3 is 0 Å². The molecule has 0 saturated heterocycles. The summed E-state index contributed by atoms with van der Waals surface area (Å²) in [6.45, 7) is 1.89. The molecule has 3 aromatic heterocycles. The van der Waals surface area contributed by atoms with Gasteiger partial charge in [-0.25, -0.2) is 9.97 Å². The van der Waals surface area contributed by atoms with Crippen molar-refractivity contribution in [2.75, 3.05) is 0 Å². The van der Waals surface area contributed by atoms with Crippen molar-refractivity contribution in [2.24, 2.45) is 7.05 Å². The Labute approximate surface area is 109 Å². The lowest BCUT2D eigenvalue weighted by Crippen LogP contribution is -2.04. The van der Waals surface area contributed by atoms with Gasteiger partial charge in [-0.2, -0.15) is 5.10 Å². The highest BCUT2D eigenvalue weighted by Gasteiger charge is 2.18. The van der Waals surface area contributed by atoms with Crippen LogP contribution in [0.5, 0.6) is 0 Å². The zero-order chi connectivity index (χ0) is 12.7. The number of alkyl halides is 1. The number of pyridine rings is 1. The second-order valence-corrected chi connectivity index (χ2v) is 4.77. The molecule has 5 nitrogen and oxygen atoms in total. The van der Waals surface area contributed by atoms with Gasteiger partial charge in [0.05, 0.1) is 5.38 Å². The molecule has 0 spiro atoms. The van der Waals surface area contributed by atoms with Crippen molar-refractivity contribution in [3.05, 3.63) is 36.4 Å². The van der Waals surface area contributed by atoms with Gasteiger partial charge in [-0.05, 0) is 19.1 Å². The molecule has 0 saturated carbocycles. The van der Waals surface area contributed by atoms with Crippen LogP contribution in [-0.2, 0) is 7.05 Å². The molecule has 92 valence electrons. The summed E-state index contributed by atoms with van der Waals surface area (Å²) in [7, 11) is 1.87. The van der Waals surface area contributed by atoms with E-state index in [2.05, 4.69) is 15.1 Å². The number of hydrogen-bond donors (Lipinski definition) is 0. The summed E-state index contributed by atoms with van der Waals surface area (Å²) in [6, 6.07) is 5.70. The topological polar surface area (TPSA) is 48.5 Å². The van der Waals surface area contributed by atoms with Crippen molar-refractivity contribution < 1.29 is 0 Å². The van der Waals surface area contributed by atoms with E-state index in [0.717, 1.165) is 22.8 Å². The SMILES string of the molecule is CC(Cl)c1nc2cccnc2n1-c1ccn(C)n1. The predicted octanol–water partition coefficient (Wildman–Crippen LogP) is 2.45. The van der Waals surface area contributed by atoms with Crippen LogP contribution in [-0.4, -0.2) is 24.3 Å². The molecular formula is C12H12ClN5. The summed E-state index contributed by atoms with van der Waals surface area (Å²) in [5, 5.41) is 4.18. The minimum absolute atomic E-state index is 0.207. The van der Waals surface area contributed by atoms with Gasteiger partial charge >= 0.3 is 0 Å². The fourth-order valence-electron chi connectivity index (χ4n) is 1.94. The lowest BCUT2D eigenvalue weighted by Gasteiger charge is -2.06. The average Bonchev–Trinajstić information content (AvgIpc) is 2.92. The van der Waals surface area contributed by atoms with Crippen LogP contribution in [0.25, 0.3) is 17.0 Å². The van der Waals surface area contributed by atoms with E-state index in [1.807, 2.05) is 42.9 Å². The first-order valence-corrected chi connectivity index (χ1v) is 6.08. The summed E-state index contributed by atoms with van der Waals surface area (Å²) in [5.41, 5.74) is 1.60. The first-order valence-electron chi connectivity index (χ1n) is 5.64. The molecule has 0 aliphatic rings. The Hall–Kier alpha value is -1.88. The number of rotatable bonds is 2. The molecule has 0 aromatic carbocycles. The number of hydrogen-bond acceptors (Lipinski definition) is 3. The number of aryl methyl sites for hydroxylation is 1. The zero-order valence-corrected chi connectivity index (χ0v) is 10.8. The Morgan fingerprint density at radius 1 is 1.33 bits per heavy atom. The molecule has 3 heterocycles. The molecule has 1 unspecified atom stereocenters. The number of nitrogens with zero attached hydrogens (tertiary/aromatic N) is 5. The Morgan fingerprint density at radius 3 is 2.83 bits per heavy atom. The fraction of sp³-hybridized carbons (Fsp3) is 0.250. The van der Waals surface area contributed by atoms with Crippen LogP contribution < -0.4 is 0 Å². The van der Waals surface area contributed by atoms with E-state index in [-0.39, 0.29) is 5.38 Å². The van der Waals surface area contributed by atoms with E-state index < -0.39 is 0 Å². The van der Waals surface area contributed by atoms with Crippen molar-refractivity contribution >= 4 is 22.8 Å². The number of halogens is 1. The Balaban J connectivity index is 2.34. The maximum absolute atomic E-state index is 6.19. The van der Waals surface area contributed by atoms with Crippen LogP contribution in [0.15, 0.2) is 30.6 Å². The summed E-state index contributed by atoms with van der Waals surface area (Å²) >= 11 is 6.19. The van der Waals surface area contributed by atoms with Crippen LogP contribution in [0.4, 0.5) is 0 Å². The summed E-state index contributed by atoms with van der Waals surface area (Å²) in [4.78, 5) is 8.88. The molecule has 3 aromatic rings. The van der Waals surface area contributed by atoms with E-state index in [1.54, 1.807) is 10.9 Å². The second kappa shape index (κ2) is 4.10. The molecule has 0 aliphatic heterocycles. The standard InChI is InChI=1S/C12H12ClN5/c1-8(13)11-15-9-4-3-6-14-12(9)18(11)10-5-7-17(2)16-10/h3-8H,1-2H3. The van der Waals surface area contributed by atoms with Crippen LogP contribution in [0.3, 0.4) is 0 Å². The quantitative estimate of drug-likeness (QED) is 0.666. The van der Waals surface area contributed by atoms with Gasteiger partial charge in [0.15, 0.2) is 11.5 Å². The van der Waals surface area contributed by atoms with Crippen molar-refractivity contribution in [1.82, 2.24) is 24.3 Å². The van der Waals surface area contributed by atoms with Gasteiger partial charge in [0.2, 0.25) is 0 Å². The van der Waals surface area contributed by atoms with Crippen LogP contribution in [0.1, 0.15) is 18.1 Å². The van der Waals surface area contributed by atoms with E-state index in [4.69, 9.17) is 11.6 Å². The maximum atomic E-state index is 6.19. The van der Waals surface area contributed by atoms with Gasteiger partial charge in [0.25, 0.3) is 0 Å². The maximum Gasteiger partial charge on any atom is 0.165 e. The smallest absolute Gasteiger partial charge is 0.165 e. The highest BCUT2D eigenvalue weighted by atomic mass is 35.5. The van der Waals surface area contributed by atoms with E-state index in [1.165, 1.54) is 0 Å². The zero-order valence-electron chi connectivity index (χ0n) is 10.1. The molecule has 0 fully saturated rings. The molecular weight excluding hydrogens is 250 g/mol. The van der Waals surface area contributed by atoms with Gasteiger partial charge in [-0.15, -0.1) is 11.6 Å². The lowest BCUT2D eigenvalue weighted by atomic mass is 10.4. The largest absolute Gasteiger partial charge is 0.274 e. The minimum Gasteiger partial charge on any atom is -0.274 e. The summed E-state index contributed by atoms with van der Waals surface area (Å²) < 4.78 is 3.64. The highest BCUT2D eigenvalue weighted by molar-refractivity contribution is 6.20. The highest BCUT2D eigenvalue weighted by Crippen LogP contribution is 2.25. The molecule has 18 heavy (non-hydrogen) atoms. The first kappa shape index (κ1) is 11.2. The lowest BCUT2D eigenvalue weighted by molar-refractivity contribution is 0.742. The third kappa shape index (κ3) is 1.67. The first-order chi connectivity index (χ1) is 8.66. The fourth-order valence-corrected chi connectivity index (χ4v) is 2.09. The molecule has 0 bridgehead atoms. The summed E-state index contributed by atoms with van der Waals surface area (Å²) in [6.07, 6.45) is 3.62. The van der Waals surface area contributed by atoms with E-state index in [9.17, 15) is 0 Å². The monoisotopic (exact) mass is 261 g/mol. The van der Waals surface area contributed by atoms with Gasteiger partial charge in [-0.3, -0.25) is 9.25 Å². The Morgan fingerprint density at radius 2 is 2.17 bits per heavy atom. The van der Waals surface area contributed by atoms with Crippen molar-refractivity contribution in [1.29, 1.82) is 0 Å². The average molecular weight is 262 g/mol. The van der Waals surface area contributed by atoms with Crippen molar-refractivity contribution in [2.45, 2.75) is 12.3 Å². The molecule has 1 atom stereocenters. The normalized spacial score (nSPS) is 13.1. The number of fused-ring (bicyclic) bond motifs is 1. The predicted molar refractivity (Wildman–Crippen MR) is 69.9 cm³/mol. The molecule has 6 heteroatoms. The van der Waals surface area contributed by atoms with E-state index in [0.29, 0.717) is 0 Å². The molecule has 3 rings (SSSR count). The Kier molecular flexibility index (Phi) is 2.56. The number of imidazole rings is 1. The van der Waals surface area contributed by atoms with E-state index >= 15 is 0 Å². The van der Waals surface area contributed by atoms with Crippen molar-refractivity contribution in [3.63, 3.8) is 0 Å². The third-order valence-electron chi connectivity index (χ3n) is 2.73. The molecule has 0 amide bonds. The van der Waals surface area contributed by atoms with Gasteiger partial charge in [-0.1, -0.05) is 0 Å². The molecule has 0 N–H and O–H groups in total. The van der Waals surface area contributed by atoms with Crippen LogP contribution >= 0.6 is 11.6 Å². The van der Waals surface area contributed by atoms with Crippen molar-refractivity contribution in [3.8, 4) is 5.82 Å². The van der Waals surface area contributed by atoms with Gasteiger partial charge in [0.1, 0.15) is 11.3 Å². The third-order valence-corrected chi connectivity index (χ3v) is 2.92. The number of aromatic nitrogens is 5. The van der Waals surface area contributed by atoms with Crippen LogP contribution in [0.2, 0.25) is 0 Å². The van der Waals surface area contributed by atoms with Gasteiger partial charge in [0, 0.05) is 25.5 Å². The second-order valence-electron chi connectivity index (χ2n) is 4.12. The molecule has 0 aliphatic carbocycles. The minimum atomic E-state index is -0.207. The molecule has 0 radical (unpaired) electrons. The Bertz CT molecular complexity index is 697. The van der Waals surface area contributed by atoms with Crippen LogP contribution in [0, 0.1) is 0 Å². The summed E-state index contributed by atoms with van der Waals surface area (Å²) in [5.74, 6) is 1.53.